The van der Waals surface area contributed by atoms with Crippen LogP contribution in [0, 0.1) is 10.1 Å². The maximum Gasteiger partial charge on any atom is 0.386 e. The van der Waals surface area contributed by atoms with E-state index >= 15 is 0 Å². The van der Waals surface area contributed by atoms with E-state index in [4.69, 9.17) is 4.74 Å². The zero-order chi connectivity index (χ0) is 11.8. The molecular formula is C10H15N3O3. The number of hydrogen-bond donors (Lipinski definition) is 1. The Hall–Kier alpha value is -1.69. The molecule has 16 heavy (non-hydrogen) atoms. The molecular weight excluding hydrogens is 210 g/mol. The summed E-state index contributed by atoms with van der Waals surface area (Å²) in [6, 6.07) is 3.33. The molecule has 0 saturated carbocycles. The number of ether oxygens (including phenoxy) is 1. The highest BCUT2D eigenvalue weighted by molar-refractivity contribution is 5.56. The van der Waals surface area contributed by atoms with Crippen molar-refractivity contribution in [3.8, 4) is 0 Å². The fourth-order valence-electron chi connectivity index (χ4n) is 1.27. The van der Waals surface area contributed by atoms with Crippen LogP contribution in [0.3, 0.4) is 0 Å². The van der Waals surface area contributed by atoms with Gasteiger partial charge in [0.15, 0.2) is 0 Å². The summed E-state index contributed by atoms with van der Waals surface area (Å²) < 4.78 is 4.91. The normalized spacial score (nSPS) is 10.1. The van der Waals surface area contributed by atoms with Crippen molar-refractivity contribution in [2.24, 2.45) is 0 Å². The summed E-state index contributed by atoms with van der Waals surface area (Å²) >= 11 is 0. The zero-order valence-corrected chi connectivity index (χ0v) is 9.18. The number of aromatic nitrogens is 1. The van der Waals surface area contributed by atoms with Gasteiger partial charge in [0.1, 0.15) is 11.9 Å². The van der Waals surface area contributed by atoms with E-state index in [1.807, 2.05) is 0 Å². The van der Waals surface area contributed by atoms with Gasteiger partial charge in [0.2, 0.25) is 0 Å². The molecule has 0 aliphatic carbocycles. The highest BCUT2D eigenvalue weighted by Gasteiger charge is 2.12. The van der Waals surface area contributed by atoms with Gasteiger partial charge in [-0.05, 0) is 34.9 Å². The third-order valence-corrected chi connectivity index (χ3v) is 2.05. The minimum Gasteiger partial charge on any atom is -0.385 e. The molecule has 6 heteroatoms. The monoisotopic (exact) mass is 225 g/mol. The van der Waals surface area contributed by atoms with Gasteiger partial charge in [-0.1, -0.05) is 0 Å². The molecule has 0 unspecified atom stereocenters. The molecule has 0 aromatic carbocycles. The topological polar surface area (TPSA) is 77.3 Å². The van der Waals surface area contributed by atoms with Crippen molar-refractivity contribution in [1.29, 1.82) is 0 Å². The molecule has 0 bridgehead atoms. The summed E-state index contributed by atoms with van der Waals surface area (Å²) in [6.45, 7) is 1.38. The van der Waals surface area contributed by atoms with Crippen molar-refractivity contribution in [3.05, 3.63) is 28.4 Å². The van der Waals surface area contributed by atoms with Crippen LogP contribution in [-0.2, 0) is 4.74 Å². The molecule has 6 nitrogen and oxygen atoms in total. The van der Waals surface area contributed by atoms with E-state index in [2.05, 4.69) is 10.3 Å². The fraction of sp³-hybridized carbons (Fsp3) is 0.500. The second-order valence-electron chi connectivity index (χ2n) is 3.26. The summed E-state index contributed by atoms with van der Waals surface area (Å²) in [5, 5.41) is 13.6. The van der Waals surface area contributed by atoms with Crippen LogP contribution in [0.15, 0.2) is 18.3 Å². The first kappa shape index (κ1) is 12.4. The van der Waals surface area contributed by atoms with E-state index in [9.17, 15) is 10.1 Å². The molecule has 0 radical (unpaired) electrons. The van der Waals surface area contributed by atoms with Crippen LogP contribution in [0.1, 0.15) is 12.8 Å². The lowest BCUT2D eigenvalue weighted by Crippen LogP contribution is -2.06. The van der Waals surface area contributed by atoms with Crippen LogP contribution in [0.2, 0.25) is 0 Å². The van der Waals surface area contributed by atoms with E-state index in [-0.39, 0.29) is 5.82 Å². The smallest absolute Gasteiger partial charge is 0.385 e. The Labute approximate surface area is 93.8 Å². The number of nitro groups is 1. The first-order valence-corrected chi connectivity index (χ1v) is 5.08. The summed E-state index contributed by atoms with van der Waals surface area (Å²) in [5.74, 6) is -0.130. The lowest BCUT2D eigenvalue weighted by molar-refractivity contribution is -0.388. The van der Waals surface area contributed by atoms with Crippen molar-refractivity contribution < 1.29 is 9.66 Å². The number of nitrogens with zero attached hydrogens (tertiary/aromatic N) is 2. The predicted molar refractivity (Wildman–Crippen MR) is 60.5 cm³/mol. The van der Waals surface area contributed by atoms with Gasteiger partial charge in [-0.3, -0.25) is 0 Å². The molecule has 0 amide bonds. The standard InChI is InChI=1S/C10H15N3O3/c1-16-8-3-2-6-11-9-5-4-7-12-10(9)13(14)15/h4-5,7,11H,2-3,6,8H2,1H3. The largest absolute Gasteiger partial charge is 0.386 e. The summed E-state index contributed by atoms with van der Waals surface area (Å²) in [5.41, 5.74) is 0.463. The summed E-state index contributed by atoms with van der Waals surface area (Å²) in [4.78, 5) is 13.9. The molecule has 0 fully saturated rings. The van der Waals surface area contributed by atoms with Gasteiger partial charge in [-0.2, -0.15) is 0 Å². The first-order valence-electron chi connectivity index (χ1n) is 5.08. The van der Waals surface area contributed by atoms with Crippen LogP contribution in [0.25, 0.3) is 0 Å². The molecule has 1 rings (SSSR count). The first-order chi connectivity index (χ1) is 7.75. The molecule has 0 aliphatic rings. The molecule has 0 saturated heterocycles. The Morgan fingerprint density at radius 2 is 2.38 bits per heavy atom. The van der Waals surface area contributed by atoms with Gasteiger partial charge in [0, 0.05) is 20.3 Å². The van der Waals surface area contributed by atoms with Crippen molar-refractivity contribution >= 4 is 11.5 Å². The number of nitrogens with one attached hydrogen (secondary N) is 1. The van der Waals surface area contributed by atoms with Gasteiger partial charge in [0.05, 0.1) is 0 Å². The maximum atomic E-state index is 10.6. The number of unbranched alkanes of at least 4 members (excludes halogenated alkanes) is 1. The Balaban J connectivity index is 2.44. The number of pyridine rings is 1. The second-order valence-corrected chi connectivity index (χ2v) is 3.26. The van der Waals surface area contributed by atoms with Crippen molar-refractivity contribution in [2.45, 2.75) is 12.8 Å². The number of methoxy groups -OCH3 is 1. The van der Waals surface area contributed by atoms with E-state index in [1.54, 1.807) is 19.2 Å². The summed E-state index contributed by atoms with van der Waals surface area (Å²) in [7, 11) is 1.65. The van der Waals surface area contributed by atoms with Crippen molar-refractivity contribution in [3.63, 3.8) is 0 Å². The van der Waals surface area contributed by atoms with Crippen LogP contribution in [0.5, 0.6) is 0 Å². The molecule has 0 atom stereocenters. The minimum absolute atomic E-state index is 0.130. The van der Waals surface area contributed by atoms with E-state index < -0.39 is 4.92 Å². The molecule has 88 valence electrons. The highest BCUT2D eigenvalue weighted by Crippen LogP contribution is 2.19. The molecule has 0 spiro atoms. The Kier molecular flexibility index (Phi) is 5.21. The van der Waals surface area contributed by atoms with Crippen LogP contribution in [-0.4, -0.2) is 30.2 Å². The van der Waals surface area contributed by atoms with E-state index in [0.717, 1.165) is 12.8 Å². The molecule has 1 heterocycles. The van der Waals surface area contributed by atoms with Gasteiger partial charge in [-0.15, -0.1) is 0 Å². The quantitative estimate of drug-likeness (QED) is 0.435. The predicted octanol–water partition coefficient (Wildman–Crippen LogP) is 1.83. The van der Waals surface area contributed by atoms with Gasteiger partial charge < -0.3 is 20.2 Å². The lowest BCUT2D eigenvalue weighted by atomic mass is 10.3. The van der Waals surface area contributed by atoms with E-state index in [1.165, 1.54) is 6.20 Å². The highest BCUT2D eigenvalue weighted by atomic mass is 16.6. The maximum absolute atomic E-state index is 10.6. The minimum atomic E-state index is -0.489. The Morgan fingerprint density at radius 1 is 1.56 bits per heavy atom. The van der Waals surface area contributed by atoms with Crippen LogP contribution >= 0.6 is 0 Å². The molecule has 1 aromatic heterocycles. The average molecular weight is 225 g/mol. The van der Waals surface area contributed by atoms with Gasteiger partial charge in [0.25, 0.3) is 0 Å². The molecule has 0 aliphatic heterocycles. The fourth-order valence-corrected chi connectivity index (χ4v) is 1.27. The zero-order valence-electron chi connectivity index (χ0n) is 9.18. The molecule has 1 aromatic rings. The number of hydrogen-bond acceptors (Lipinski definition) is 5. The average Bonchev–Trinajstić information content (AvgIpc) is 2.29. The van der Waals surface area contributed by atoms with Gasteiger partial charge in [-0.25, -0.2) is 0 Å². The summed E-state index contributed by atoms with van der Waals surface area (Å²) in [6.07, 6.45) is 3.24. The third-order valence-electron chi connectivity index (χ3n) is 2.05. The molecule has 1 N–H and O–H groups in total. The lowest BCUT2D eigenvalue weighted by Gasteiger charge is -2.05. The van der Waals surface area contributed by atoms with Crippen LogP contribution in [0.4, 0.5) is 11.5 Å². The SMILES string of the molecule is COCCCCNc1cccnc1[N+](=O)[O-]. The number of anilines is 1. The van der Waals surface area contributed by atoms with Crippen molar-refractivity contribution in [1.82, 2.24) is 4.98 Å². The second kappa shape index (κ2) is 6.73. The van der Waals surface area contributed by atoms with Crippen molar-refractivity contribution in [2.75, 3.05) is 25.6 Å². The van der Waals surface area contributed by atoms with Gasteiger partial charge >= 0.3 is 5.82 Å². The Bertz CT molecular complexity index is 344. The number of rotatable bonds is 7. The van der Waals surface area contributed by atoms with E-state index in [0.29, 0.717) is 18.8 Å². The Morgan fingerprint density at radius 3 is 3.06 bits per heavy atom. The van der Waals surface area contributed by atoms with Crippen LogP contribution < -0.4 is 5.32 Å². The third kappa shape index (κ3) is 3.82.